The molecule has 0 spiro atoms. The highest BCUT2D eigenvalue weighted by atomic mass is 16.5. The van der Waals surface area contributed by atoms with Gasteiger partial charge in [-0.15, -0.1) is 0 Å². The third-order valence-corrected chi connectivity index (χ3v) is 7.72. The predicted octanol–water partition coefficient (Wildman–Crippen LogP) is 4.80. The largest absolute Gasteiger partial charge is 0.480 e. The maximum absolute atomic E-state index is 12.9. The molecule has 4 rings (SSSR count). The van der Waals surface area contributed by atoms with Crippen LogP contribution in [0.4, 0.5) is 4.79 Å². The Balaban J connectivity index is 1.38. The molecule has 1 unspecified atom stereocenters. The molecule has 0 aliphatic heterocycles. The van der Waals surface area contributed by atoms with Crippen molar-refractivity contribution in [3.05, 3.63) is 59.7 Å². The number of alkyl carbamates (subject to hydrolysis) is 1. The van der Waals surface area contributed by atoms with Crippen molar-refractivity contribution in [1.82, 2.24) is 10.2 Å². The van der Waals surface area contributed by atoms with E-state index in [1.165, 1.54) is 30.0 Å². The van der Waals surface area contributed by atoms with E-state index < -0.39 is 18.1 Å². The molecule has 0 bridgehead atoms. The minimum absolute atomic E-state index is 0.00970. The van der Waals surface area contributed by atoms with Crippen molar-refractivity contribution < 1.29 is 24.2 Å². The minimum atomic E-state index is -1.03. The first-order valence-corrected chi connectivity index (χ1v) is 12.4. The molecule has 2 amide bonds. The van der Waals surface area contributed by atoms with Crippen LogP contribution in [0, 0.1) is 5.41 Å². The lowest BCUT2D eigenvalue weighted by atomic mass is 9.71. The molecule has 1 saturated carbocycles. The number of amides is 2. The molecular weight excluding hydrogens is 444 g/mol. The van der Waals surface area contributed by atoms with Crippen molar-refractivity contribution in [2.24, 2.45) is 5.41 Å². The highest BCUT2D eigenvalue weighted by Gasteiger charge is 2.37. The summed E-state index contributed by atoms with van der Waals surface area (Å²) in [5, 5.41) is 12.2. The summed E-state index contributed by atoms with van der Waals surface area (Å²) < 4.78 is 5.67. The van der Waals surface area contributed by atoms with Crippen LogP contribution in [-0.2, 0) is 14.3 Å². The molecule has 2 aromatic rings. The molecule has 0 aromatic heterocycles. The van der Waals surface area contributed by atoms with Gasteiger partial charge in [0.2, 0.25) is 5.91 Å². The van der Waals surface area contributed by atoms with Crippen LogP contribution in [0.2, 0.25) is 0 Å². The van der Waals surface area contributed by atoms with Crippen molar-refractivity contribution in [3.8, 4) is 11.1 Å². The average Bonchev–Trinajstić information content (AvgIpc) is 3.19. The van der Waals surface area contributed by atoms with E-state index in [4.69, 9.17) is 4.74 Å². The van der Waals surface area contributed by atoms with Crippen molar-refractivity contribution in [2.45, 2.75) is 57.4 Å². The number of benzene rings is 2. The van der Waals surface area contributed by atoms with Gasteiger partial charge in [0.25, 0.3) is 0 Å². The zero-order valence-electron chi connectivity index (χ0n) is 20.5. The third-order valence-electron chi connectivity index (χ3n) is 7.72. The third kappa shape index (κ3) is 5.34. The fourth-order valence-corrected chi connectivity index (χ4v) is 5.45. The van der Waals surface area contributed by atoms with Gasteiger partial charge in [-0.1, -0.05) is 67.8 Å². The number of likely N-dealkylation sites (N-methyl/N-ethyl adjacent to an activating group) is 1. The Morgan fingerprint density at radius 1 is 1.03 bits per heavy atom. The molecule has 0 saturated heterocycles. The number of nitrogens with zero attached hydrogens (tertiary/aromatic N) is 1. The molecule has 0 heterocycles. The normalized spacial score (nSPS) is 17.1. The molecule has 2 aliphatic rings. The van der Waals surface area contributed by atoms with Crippen LogP contribution in [-0.4, -0.2) is 54.2 Å². The molecule has 1 atom stereocenters. The van der Waals surface area contributed by atoms with Crippen molar-refractivity contribution >= 4 is 18.0 Å². The highest BCUT2D eigenvalue weighted by molar-refractivity contribution is 5.83. The fourth-order valence-electron chi connectivity index (χ4n) is 5.45. The van der Waals surface area contributed by atoms with Gasteiger partial charge in [-0.05, 0) is 47.4 Å². The maximum atomic E-state index is 12.9. The molecule has 0 radical (unpaired) electrons. The topological polar surface area (TPSA) is 95.9 Å². The Bertz CT molecular complexity index is 1050. The lowest BCUT2D eigenvalue weighted by Crippen LogP contribution is -2.46. The van der Waals surface area contributed by atoms with Gasteiger partial charge in [-0.2, -0.15) is 0 Å². The van der Waals surface area contributed by atoms with Gasteiger partial charge in [0.1, 0.15) is 12.6 Å². The quantitative estimate of drug-likeness (QED) is 0.568. The number of hydrogen-bond donors (Lipinski definition) is 2. The second-order valence-corrected chi connectivity index (χ2v) is 9.94. The molecule has 35 heavy (non-hydrogen) atoms. The number of nitrogens with one attached hydrogen (secondary N) is 1. The van der Waals surface area contributed by atoms with E-state index in [1.54, 1.807) is 0 Å². The summed E-state index contributed by atoms with van der Waals surface area (Å²) in [6, 6.07) is 15.5. The van der Waals surface area contributed by atoms with Gasteiger partial charge >= 0.3 is 12.1 Å². The highest BCUT2D eigenvalue weighted by Crippen LogP contribution is 2.44. The lowest BCUT2D eigenvalue weighted by molar-refractivity contribution is -0.149. The van der Waals surface area contributed by atoms with Gasteiger partial charge in [-0.3, -0.25) is 4.79 Å². The maximum Gasteiger partial charge on any atom is 0.407 e. The molecule has 7 heteroatoms. The summed E-state index contributed by atoms with van der Waals surface area (Å²) in [5.74, 6) is -1.25. The summed E-state index contributed by atoms with van der Waals surface area (Å²) in [4.78, 5) is 38.2. The SMILES string of the molecule is CC(C(=O)O)N(C)C(=O)CC1(CNC(=O)OCC2c3ccccc3-c3ccccc32)CCCCC1. The molecule has 2 aromatic carbocycles. The number of ether oxygens (including phenoxy) is 1. The summed E-state index contributed by atoms with van der Waals surface area (Å²) in [5.41, 5.74) is 4.29. The van der Waals surface area contributed by atoms with E-state index in [2.05, 4.69) is 29.6 Å². The Hall–Kier alpha value is -3.35. The second-order valence-electron chi connectivity index (χ2n) is 9.94. The van der Waals surface area contributed by atoms with Crippen LogP contribution < -0.4 is 5.32 Å². The van der Waals surface area contributed by atoms with Crippen LogP contribution >= 0.6 is 0 Å². The standard InChI is InChI=1S/C28H34N2O5/c1-19(26(32)33)30(2)25(31)16-28(14-8-3-9-15-28)18-29-27(34)35-17-24-22-12-6-4-10-20(22)21-11-5-7-13-23(21)24/h4-7,10-13,19,24H,3,8-9,14-18H2,1-2H3,(H,29,34)(H,32,33). The van der Waals surface area contributed by atoms with Crippen molar-refractivity contribution in [2.75, 3.05) is 20.2 Å². The second kappa shape index (κ2) is 10.5. The number of hydrogen-bond acceptors (Lipinski definition) is 4. The first-order valence-electron chi connectivity index (χ1n) is 12.4. The van der Waals surface area contributed by atoms with Gasteiger partial charge in [-0.25, -0.2) is 9.59 Å². The smallest absolute Gasteiger partial charge is 0.407 e. The van der Waals surface area contributed by atoms with E-state index in [-0.39, 0.29) is 30.3 Å². The van der Waals surface area contributed by atoms with Crippen molar-refractivity contribution in [1.29, 1.82) is 0 Å². The van der Waals surface area contributed by atoms with E-state index in [9.17, 15) is 19.5 Å². The molecular formula is C28H34N2O5. The van der Waals surface area contributed by atoms with E-state index >= 15 is 0 Å². The zero-order valence-corrected chi connectivity index (χ0v) is 20.5. The van der Waals surface area contributed by atoms with Gasteiger partial charge in [0, 0.05) is 25.9 Å². The zero-order chi connectivity index (χ0) is 25.0. The van der Waals surface area contributed by atoms with E-state index in [1.807, 2.05) is 24.3 Å². The lowest BCUT2D eigenvalue weighted by Gasteiger charge is -2.38. The first-order chi connectivity index (χ1) is 16.8. The van der Waals surface area contributed by atoms with Crippen LogP contribution in [0.3, 0.4) is 0 Å². The number of rotatable bonds is 8. The average molecular weight is 479 g/mol. The van der Waals surface area contributed by atoms with E-state index in [0.717, 1.165) is 43.2 Å². The first kappa shape index (κ1) is 24.8. The van der Waals surface area contributed by atoms with Crippen LogP contribution in [0.15, 0.2) is 48.5 Å². The predicted molar refractivity (Wildman–Crippen MR) is 133 cm³/mol. The molecule has 1 fully saturated rings. The van der Waals surface area contributed by atoms with Crippen LogP contribution in [0.1, 0.15) is 62.5 Å². The van der Waals surface area contributed by atoms with Crippen LogP contribution in [0.25, 0.3) is 11.1 Å². The summed E-state index contributed by atoms with van der Waals surface area (Å²) in [6.45, 7) is 2.08. The fraction of sp³-hybridized carbons (Fsp3) is 0.464. The van der Waals surface area contributed by atoms with Gasteiger partial charge in [0.05, 0.1) is 0 Å². The number of carbonyl (C=O) groups excluding carboxylic acids is 2. The Labute approximate surface area is 206 Å². The summed E-state index contributed by atoms with van der Waals surface area (Å²) in [6.07, 6.45) is 4.43. The Morgan fingerprint density at radius 2 is 1.60 bits per heavy atom. The molecule has 186 valence electrons. The molecule has 2 aliphatic carbocycles. The number of fused-ring (bicyclic) bond motifs is 3. The molecule has 2 N–H and O–H groups in total. The monoisotopic (exact) mass is 478 g/mol. The van der Waals surface area contributed by atoms with Crippen molar-refractivity contribution in [3.63, 3.8) is 0 Å². The van der Waals surface area contributed by atoms with Crippen LogP contribution in [0.5, 0.6) is 0 Å². The number of carbonyl (C=O) groups is 3. The minimum Gasteiger partial charge on any atom is -0.480 e. The van der Waals surface area contributed by atoms with Gasteiger partial charge < -0.3 is 20.1 Å². The summed E-state index contributed by atoms with van der Waals surface area (Å²) >= 11 is 0. The number of carboxylic acids is 1. The van der Waals surface area contributed by atoms with E-state index in [0.29, 0.717) is 6.54 Å². The Kier molecular flexibility index (Phi) is 7.43. The Morgan fingerprint density at radius 3 is 2.17 bits per heavy atom. The number of carboxylic acid groups (broad SMARTS) is 1. The summed E-state index contributed by atoms with van der Waals surface area (Å²) in [7, 11) is 1.52. The van der Waals surface area contributed by atoms with Gasteiger partial charge in [0.15, 0.2) is 0 Å². The number of aliphatic carboxylic acids is 1. The molecule has 7 nitrogen and oxygen atoms in total.